The average Bonchev–Trinajstić information content (AvgIpc) is 2.62. The van der Waals surface area contributed by atoms with Crippen molar-refractivity contribution in [1.82, 2.24) is 14.3 Å². The fourth-order valence-corrected chi connectivity index (χ4v) is 2.86. The third-order valence-corrected chi connectivity index (χ3v) is 5.24. The Morgan fingerprint density at radius 2 is 2.00 bits per heavy atom. The molecule has 1 amide bonds. The maximum atomic E-state index is 12.1. The van der Waals surface area contributed by atoms with E-state index in [1.165, 1.54) is 50.9 Å². The van der Waals surface area contributed by atoms with Gasteiger partial charge in [-0.05, 0) is 18.2 Å². The summed E-state index contributed by atoms with van der Waals surface area (Å²) in [6.45, 7) is -0.601. The number of halogens is 1. The van der Waals surface area contributed by atoms with Gasteiger partial charge >= 0.3 is 5.97 Å². The molecule has 0 aliphatic heterocycles. The van der Waals surface area contributed by atoms with Crippen molar-refractivity contribution in [2.45, 2.75) is 4.90 Å². The minimum Gasteiger partial charge on any atom is -0.451 e. The lowest BCUT2D eigenvalue weighted by molar-refractivity contribution is -0.119. The Morgan fingerprint density at radius 3 is 2.62 bits per heavy atom. The summed E-state index contributed by atoms with van der Waals surface area (Å²) < 4.78 is 30.1. The molecular weight excluding hydrogens is 384 g/mol. The van der Waals surface area contributed by atoms with E-state index in [4.69, 9.17) is 16.3 Å². The molecule has 2 aromatic rings. The van der Waals surface area contributed by atoms with E-state index in [2.05, 4.69) is 15.3 Å². The molecule has 1 aromatic carbocycles. The van der Waals surface area contributed by atoms with Gasteiger partial charge in [-0.15, -0.1) is 0 Å². The van der Waals surface area contributed by atoms with Crippen molar-refractivity contribution in [3.63, 3.8) is 0 Å². The van der Waals surface area contributed by atoms with Crippen molar-refractivity contribution in [2.24, 2.45) is 0 Å². The van der Waals surface area contributed by atoms with E-state index in [1.54, 1.807) is 0 Å². The number of sulfonamides is 1. The first-order valence-electron chi connectivity index (χ1n) is 7.17. The molecule has 138 valence electrons. The number of esters is 1. The molecule has 0 unspecified atom stereocenters. The van der Waals surface area contributed by atoms with Crippen LogP contribution in [0.25, 0.3) is 0 Å². The number of rotatable bonds is 6. The number of nitrogens with one attached hydrogen (secondary N) is 1. The van der Waals surface area contributed by atoms with Crippen molar-refractivity contribution < 1.29 is 22.7 Å². The third-order valence-electron chi connectivity index (χ3n) is 3.10. The van der Waals surface area contributed by atoms with Crippen LogP contribution in [0.5, 0.6) is 0 Å². The van der Waals surface area contributed by atoms with Gasteiger partial charge in [0.2, 0.25) is 10.0 Å². The maximum Gasteiger partial charge on any atom is 0.359 e. The summed E-state index contributed by atoms with van der Waals surface area (Å²) in [5.74, 6) is -1.51. The molecule has 26 heavy (non-hydrogen) atoms. The van der Waals surface area contributed by atoms with Crippen LogP contribution in [0.2, 0.25) is 5.02 Å². The number of hydrogen-bond donors (Lipinski definition) is 1. The molecule has 2 rings (SSSR count). The quantitative estimate of drug-likeness (QED) is 0.725. The van der Waals surface area contributed by atoms with Crippen LogP contribution in [-0.2, 0) is 19.6 Å². The highest BCUT2D eigenvalue weighted by Crippen LogP contribution is 2.26. The van der Waals surface area contributed by atoms with Gasteiger partial charge in [-0.3, -0.25) is 9.78 Å². The predicted octanol–water partition coefficient (Wildman–Crippen LogP) is 1.18. The van der Waals surface area contributed by atoms with Gasteiger partial charge in [0.15, 0.2) is 12.3 Å². The molecule has 0 aliphatic carbocycles. The van der Waals surface area contributed by atoms with Gasteiger partial charge in [0.25, 0.3) is 5.91 Å². The molecule has 0 bridgehead atoms. The molecule has 9 nitrogen and oxygen atoms in total. The van der Waals surface area contributed by atoms with E-state index >= 15 is 0 Å². The van der Waals surface area contributed by atoms with E-state index in [0.29, 0.717) is 0 Å². The first kappa shape index (κ1) is 19.8. The number of hydrogen-bond acceptors (Lipinski definition) is 7. The number of carbonyl (C=O) groups is 2. The second kappa shape index (κ2) is 8.21. The highest BCUT2D eigenvalue weighted by Gasteiger charge is 2.19. The lowest BCUT2D eigenvalue weighted by Gasteiger charge is -2.13. The van der Waals surface area contributed by atoms with E-state index in [9.17, 15) is 18.0 Å². The highest BCUT2D eigenvalue weighted by atomic mass is 35.5. The van der Waals surface area contributed by atoms with Crippen molar-refractivity contribution in [2.75, 3.05) is 26.0 Å². The van der Waals surface area contributed by atoms with Crippen molar-refractivity contribution >= 4 is 39.2 Å². The number of benzene rings is 1. The molecule has 0 radical (unpaired) electrons. The van der Waals surface area contributed by atoms with Crippen LogP contribution in [0.1, 0.15) is 10.5 Å². The molecule has 1 aromatic heterocycles. The fraction of sp³-hybridized carbons (Fsp3) is 0.200. The summed E-state index contributed by atoms with van der Waals surface area (Å²) in [4.78, 5) is 31.1. The Balaban J connectivity index is 2.06. The Labute approximate surface area is 155 Å². The Hall–Kier alpha value is -2.56. The smallest absolute Gasteiger partial charge is 0.359 e. The van der Waals surface area contributed by atoms with E-state index in [0.717, 1.165) is 4.31 Å². The highest BCUT2D eigenvalue weighted by molar-refractivity contribution is 7.89. The van der Waals surface area contributed by atoms with Crippen molar-refractivity contribution in [3.8, 4) is 0 Å². The second-order valence-corrected chi connectivity index (χ2v) is 7.70. The Bertz CT molecular complexity index is 919. The third kappa shape index (κ3) is 4.75. The predicted molar refractivity (Wildman–Crippen MR) is 93.3 cm³/mol. The maximum absolute atomic E-state index is 12.1. The van der Waals surface area contributed by atoms with Crippen LogP contribution in [0.15, 0.2) is 41.7 Å². The zero-order valence-corrected chi connectivity index (χ0v) is 15.4. The van der Waals surface area contributed by atoms with Gasteiger partial charge in [0, 0.05) is 26.5 Å². The number of amides is 1. The molecule has 0 fully saturated rings. The number of ether oxygens (including phenoxy) is 1. The molecule has 1 heterocycles. The second-order valence-electron chi connectivity index (χ2n) is 5.14. The number of nitrogens with zero attached hydrogens (tertiary/aromatic N) is 3. The summed E-state index contributed by atoms with van der Waals surface area (Å²) in [6.07, 6.45) is 3.90. The van der Waals surface area contributed by atoms with Gasteiger partial charge in [-0.2, -0.15) is 0 Å². The van der Waals surface area contributed by atoms with Gasteiger partial charge < -0.3 is 10.1 Å². The molecule has 0 spiro atoms. The van der Waals surface area contributed by atoms with Crippen LogP contribution in [-0.4, -0.2) is 55.3 Å². The summed E-state index contributed by atoms with van der Waals surface area (Å²) in [6, 6.07) is 3.89. The zero-order valence-electron chi connectivity index (χ0n) is 13.8. The topological polar surface area (TPSA) is 119 Å². The SMILES string of the molecule is CN(C)S(=O)(=O)c1ccc(Cl)c(NC(=O)COC(=O)c2cnccn2)c1. The van der Waals surface area contributed by atoms with Crippen LogP contribution in [0.4, 0.5) is 5.69 Å². The molecular formula is C15H15ClN4O5S. The largest absolute Gasteiger partial charge is 0.451 e. The normalized spacial score (nSPS) is 11.2. The molecule has 0 saturated carbocycles. The molecule has 0 atom stereocenters. The minimum absolute atomic E-state index is 0.0428. The Morgan fingerprint density at radius 1 is 1.27 bits per heavy atom. The number of carbonyl (C=O) groups excluding carboxylic acids is 2. The van der Waals surface area contributed by atoms with Crippen LogP contribution < -0.4 is 5.32 Å². The first-order chi connectivity index (χ1) is 12.2. The first-order valence-corrected chi connectivity index (χ1v) is 8.98. The van der Waals surface area contributed by atoms with Crippen molar-refractivity contribution in [1.29, 1.82) is 0 Å². The minimum atomic E-state index is -3.69. The number of aromatic nitrogens is 2. The van der Waals surface area contributed by atoms with Crippen LogP contribution in [0, 0.1) is 0 Å². The van der Waals surface area contributed by atoms with E-state index < -0.39 is 28.5 Å². The van der Waals surface area contributed by atoms with Crippen LogP contribution in [0.3, 0.4) is 0 Å². The summed E-state index contributed by atoms with van der Waals surface area (Å²) in [5.41, 5.74) is 0.0348. The molecule has 0 aliphatic rings. The summed E-state index contributed by atoms with van der Waals surface area (Å²) in [5, 5.41) is 2.54. The van der Waals surface area contributed by atoms with Gasteiger partial charge in [-0.25, -0.2) is 22.5 Å². The van der Waals surface area contributed by atoms with Gasteiger partial charge in [-0.1, -0.05) is 11.6 Å². The number of anilines is 1. The lowest BCUT2D eigenvalue weighted by Crippen LogP contribution is -2.23. The Kier molecular flexibility index (Phi) is 6.24. The van der Waals surface area contributed by atoms with Gasteiger partial charge in [0.05, 0.1) is 21.8 Å². The summed E-state index contributed by atoms with van der Waals surface area (Å²) in [7, 11) is -0.925. The average molecular weight is 399 g/mol. The van der Waals surface area contributed by atoms with E-state index in [-0.39, 0.29) is 21.3 Å². The lowest BCUT2D eigenvalue weighted by atomic mass is 10.3. The van der Waals surface area contributed by atoms with Gasteiger partial charge in [0.1, 0.15) is 0 Å². The summed E-state index contributed by atoms with van der Waals surface area (Å²) >= 11 is 5.98. The molecule has 11 heteroatoms. The van der Waals surface area contributed by atoms with Crippen LogP contribution >= 0.6 is 11.6 Å². The fourth-order valence-electron chi connectivity index (χ4n) is 1.77. The zero-order chi connectivity index (χ0) is 19.3. The molecule has 1 N–H and O–H groups in total. The monoisotopic (exact) mass is 398 g/mol. The van der Waals surface area contributed by atoms with Crippen molar-refractivity contribution in [3.05, 3.63) is 47.5 Å². The van der Waals surface area contributed by atoms with E-state index in [1.807, 2.05) is 0 Å². The standard InChI is InChI=1S/C15H15ClN4O5S/c1-20(2)26(23,24)10-3-4-11(16)12(7-10)19-14(21)9-25-15(22)13-8-17-5-6-18-13/h3-8H,9H2,1-2H3,(H,19,21). The molecule has 0 saturated heterocycles.